The number of anilines is 4. The summed E-state index contributed by atoms with van der Waals surface area (Å²) in [5, 5.41) is 17.3. The largest absolute Gasteiger partial charge is 0.397 e. The van der Waals surface area contributed by atoms with Crippen LogP contribution in [0.5, 0.6) is 0 Å². The normalized spacial score (nSPS) is 12.9. The third-order valence-corrected chi connectivity index (χ3v) is 8.83. The first-order chi connectivity index (χ1) is 23.2. The van der Waals surface area contributed by atoms with Gasteiger partial charge in [-0.25, -0.2) is 0 Å². The Kier molecular flexibility index (Phi) is 6.98. The SMILES string of the molecule is N#C/C(=C(/N)c1ccc(C=C2c3ccccc3Nc3ccccc32)cc1)c1ccc(C=C2c3ccccc3Nc3ccccc32)cc1. The van der Waals surface area contributed by atoms with E-state index in [0.29, 0.717) is 11.3 Å². The fourth-order valence-corrected chi connectivity index (χ4v) is 6.46. The summed E-state index contributed by atoms with van der Waals surface area (Å²) in [7, 11) is 0. The van der Waals surface area contributed by atoms with Crippen molar-refractivity contribution in [2.24, 2.45) is 5.73 Å². The van der Waals surface area contributed by atoms with E-state index in [0.717, 1.165) is 78.4 Å². The van der Waals surface area contributed by atoms with E-state index in [4.69, 9.17) is 5.73 Å². The van der Waals surface area contributed by atoms with E-state index in [1.54, 1.807) is 0 Å². The van der Waals surface area contributed by atoms with Crippen molar-refractivity contribution in [2.75, 3.05) is 10.6 Å². The van der Waals surface area contributed by atoms with Crippen molar-refractivity contribution in [2.45, 2.75) is 0 Å². The van der Waals surface area contributed by atoms with Crippen LogP contribution in [0, 0.1) is 11.3 Å². The number of benzene rings is 6. The summed E-state index contributed by atoms with van der Waals surface area (Å²) in [6.07, 6.45) is 4.41. The van der Waals surface area contributed by atoms with Gasteiger partial charge in [-0.05, 0) is 69.8 Å². The van der Waals surface area contributed by atoms with Crippen LogP contribution in [0.25, 0.3) is 34.6 Å². The van der Waals surface area contributed by atoms with E-state index < -0.39 is 0 Å². The van der Waals surface area contributed by atoms with Crippen LogP contribution in [-0.2, 0) is 0 Å². The minimum atomic E-state index is 0.453. The van der Waals surface area contributed by atoms with Crippen molar-refractivity contribution in [3.63, 3.8) is 0 Å². The molecule has 0 bridgehead atoms. The number of hydrogen-bond donors (Lipinski definition) is 3. The lowest BCUT2D eigenvalue weighted by molar-refractivity contribution is 1.44. The van der Waals surface area contributed by atoms with Crippen LogP contribution < -0.4 is 16.4 Å². The van der Waals surface area contributed by atoms with Crippen molar-refractivity contribution in [3.05, 3.63) is 190 Å². The molecule has 8 rings (SSSR count). The first-order valence-electron chi connectivity index (χ1n) is 15.6. The van der Waals surface area contributed by atoms with E-state index >= 15 is 0 Å². The van der Waals surface area contributed by atoms with Crippen LogP contribution >= 0.6 is 0 Å². The van der Waals surface area contributed by atoms with Gasteiger partial charge in [-0.3, -0.25) is 0 Å². The van der Waals surface area contributed by atoms with Gasteiger partial charge in [0.1, 0.15) is 6.07 Å². The Morgan fingerprint density at radius 2 is 0.809 bits per heavy atom. The third-order valence-electron chi connectivity index (χ3n) is 8.83. The van der Waals surface area contributed by atoms with Gasteiger partial charge in [-0.15, -0.1) is 0 Å². The van der Waals surface area contributed by atoms with E-state index in [1.807, 2.05) is 60.7 Å². The Labute approximate surface area is 274 Å². The fraction of sp³-hybridized carbons (Fsp3) is 0. The molecule has 2 aliphatic rings. The van der Waals surface area contributed by atoms with Crippen LogP contribution in [-0.4, -0.2) is 0 Å². The van der Waals surface area contributed by atoms with Gasteiger partial charge in [0, 0.05) is 45.0 Å². The number of nitrogens with one attached hydrogen (secondary N) is 2. The van der Waals surface area contributed by atoms with Gasteiger partial charge in [-0.1, -0.05) is 121 Å². The molecule has 0 aromatic heterocycles. The first-order valence-corrected chi connectivity index (χ1v) is 15.6. The second-order valence-electron chi connectivity index (χ2n) is 11.7. The van der Waals surface area contributed by atoms with Crippen LogP contribution in [0.2, 0.25) is 0 Å². The zero-order valence-corrected chi connectivity index (χ0v) is 25.5. The van der Waals surface area contributed by atoms with Gasteiger partial charge in [0.2, 0.25) is 0 Å². The molecule has 0 saturated heterocycles. The lowest BCUT2D eigenvalue weighted by Gasteiger charge is -2.24. The van der Waals surface area contributed by atoms with Crippen LogP contribution in [0.3, 0.4) is 0 Å². The van der Waals surface area contributed by atoms with E-state index in [9.17, 15) is 5.26 Å². The molecular formula is C43H30N4. The minimum Gasteiger partial charge on any atom is -0.397 e. The molecular weight excluding hydrogens is 573 g/mol. The average Bonchev–Trinajstić information content (AvgIpc) is 3.12. The monoisotopic (exact) mass is 602 g/mol. The Morgan fingerprint density at radius 3 is 1.17 bits per heavy atom. The average molecular weight is 603 g/mol. The molecule has 47 heavy (non-hydrogen) atoms. The summed E-state index contributed by atoms with van der Waals surface area (Å²) in [5.41, 5.74) is 22.6. The molecule has 0 unspecified atom stereocenters. The Hall–Kier alpha value is -6.57. The lowest BCUT2D eigenvalue weighted by Crippen LogP contribution is -2.05. The van der Waals surface area contributed by atoms with Crippen molar-refractivity contribution in [1.82, 2.24) is 0 Å². The van der Waals surface area contributed by atoms with Gasteiger partial charge < -0.3 is 16.4 Å². The predicted octanol–water partition coefficient (Wildman–Crippen LogP) is 10.3. The second-order valence-corrected chi connectivity index (χ2v) is 11.7. The van der Waals surface area contributed by atoms with Crippen molar-refractivity contribution in [1.29, 1.82) is 5.26 Å². The standard InChI is InChI=1S/C43H30N4/c44-27-38(30-21-17-28(18-22-30)25-36-32-9-1-5-13-39(32)46-40-14-6-2-10-33(36)40)43(45)31-23-19-29(20-24-31)26-37-34-11-3-7-15-41(34)47-42-16-8-4-12-35(37)42/h1-26,46-47H,45H2/b43-38-. The highest BCUT2D eigenvalue weighted by molar-refractivity contribution is 6.04. The van der Waals surface area contributed by atoms with E-state index in [2.05, 4.69) is 114 Å². The fourth-order valence-electron chi connectivity index (χ4n) is 6.46. The Bertz CT molecular complexity index is 2200. The number of fused-ring (bicyclic) bond motifs is 4. The highest BCUT2D eigenvalue weighted by Crippen LogP contribution is 2.42. The summed E-state index contributed by atoms with van der Waals surface area (Å²) in [6, 6.07) is 51.9. The molecule has 0 radical (unpaired) electrons. The number of allylic oxidation sites excluding steroid dienone is 1. The molecule has 0 fully saturated rings. The number of rotatable bonds is 4. The molecule has 6 aromatic carbocycles. The highest BCUT2D eigenvalue weighted by atomic mass is 14.9. The number of nitrogens with two attached hydrogens (primary N) is 1. The molecule has 0 spiro atoms. The number of nitrogens with zero attached hydrogens (tertiary/aromatic N) is 1. The number of para-hydroxylation sites is 4. The zero-order chi connectivity index (χ0) is 31.7. The highest BCUT2D eigenvalue weighted by Gasteiger charge is 2.20. The maximum atomic E-state index is 10.2. The van der Waals surface area contributed by atoms with Gasteiger partial charge in [0.05, 0.1) is 11.3 Å². The zero-order valence-electron chi connectivity index (χ0n) is 25.5. The second kappa shape index (κ2) is 11.7. The number of hydrogen-bond acceptors (Lipinski definition) is 4. The molecule has 0 saturated carbocycles. The Balaban J connectivity index is 1.10. The van der Waals surface area contributed by atoms with Crippen LogP contribution in [0.4, 0.5) is 22.7 Å². The Morgan fingerprint density at radius 1 is 0.468 bits per heavy atom. The van der Waals surface area contributed by atoms with Gasteiger partial charge in [-0.2, -0.15) is 5.26 Å². The lowest BCUT2D eigenvalue weighted by atomic mass is 9.89. The summed E-state index contributed by atoms with van der Waals surface area (Å²) in [4.78, 5) is 0. The van der Waals surface area contributed by atoms with Crippen molar-refractivity contribution >= 4 is 57.3 Å². The molecule has 6 aromatic rings. The first kappa shape index (κ1) is 27.9. The van der Waals surface area contributed by atoms with E-state index in [1.165, 1.54) is 0 Å². The maximum absolute atomic E-state index is 10.2. The van der Waals surface area contributed by atoms with Gasteiger partial charge >= 0.3 is 0 Å². The molecule has 0 aliphatic carbocycles. The molecule has 0 amide bonds. The van der Waals surface area contributed by atoms with Crippen molar-refractivity contribution < 1.29 is 0 Å². The molecule has 4 heteroatoms. The molecule has 222 valence electrons. The summed E-state index contributed by atoms with van der Waals surface area (Å²) in [6.45, 7) is 0. The molecule has 4 nitrogen and oxygen atoms in total. The van der Waals surface area contributed by atoms with Crippen LogP contribution in [0.15, 0.2) is 146 Å². The van der Waals surface area contributed by atoms with Crippen molar-refractivity contribution in [3.8, 4) is 6.07 Å². The number of nitriles is 1. The van der Waals surface area contributed by atoms with Gasteiger partial charge in [0.15, 0.2) is 0 Å². The van der Waals surface area contributed by atoms with Gasteiger partial charge in [0.25, 0.3) is 0 Å². The summed E-state index contributed by atoms with van der Waals surface area (Å²) >= 11 is 0. The quantitative estimate of drug-likeness (QED) is 0.138. The third kappa shape index (κ3) is 5.16. The summed E-state index contributed by atoms with van der Waals surface area (Å²) in [5.74, 6) is 0. The van der Waals surface area contributed by atoms with Crippen LogP contribution in [0.1, 0.15) is 44.5 Å². The minimum absolute atomic E-state index is 0.453. The molecule has 0 atom stereocenters. The van der Waals surface area contributed by atoms with E-state index in [-0.39, 0.29) is 0 Å². The molecule has 2 aliphatic heterocycles. The molecule has 4 N–H and O–H groups in total. The predicted molar refractivity (Wildman–Crippen MR) is 196 cm³/mol. The summed E-state index contributed by atoms with van der Waals surface area (Å²) < 4.78 is 0. The topological polar surface area (TPSA) is 73.9 Å². The molecule has 2 heterocycles. The smallest absolute Gasteiger partial charge is 0.102 e. The maximum Gasteiger partial charge on any atom is 0.102 e.